The third-order valence-corrected chi connectivity index (χ3v) is 3.58. The van der Waals surface area contributed by atoms with Gasteiger partial charge in [-0.2, -0.15) is 0 Å². The summed E-state index contributed by atoms with van der Waals surface area (Å²) in [5, 5.41) is 0. The van der Waals surface area contributed by atoms with Gasteiger partial charge in [0.15, 0.2) is 0 Å². The average molecular weight is 278 g/mol. The van der Waals surface area contributed by atoms with Crippen molar-refractivity contribution in [1.82, 2.24) is 0 Å². The number of nitrogens with zero attached hydrogens (tertiary/aromatic N) is 1. The highest BCUT2D eigenvalue weighted by Crippen LogP contribution is 2.22. The van der Waals surface area contributed by atoms with Gasteiger partial charge in [-0.15, -0.1) is 0 Å². The molecule has 0 fully saturated rings. The Balaban J connectivity index is 2.88. The molecule has 0 amide bonds. The van der Waals surface area contributed by atoms with E-state index in [1.807, 2.05) is 6.07 Å². The first-order valence-corrected chi connectivity index (χ1v) is 7.02. The van der Waals surface area contributed by atoms with Crippen LogP contribution in [0.3, 0.4) is 0 Å². The molecule has 2 unspecified atom stereocenters. The minimum absolute atomic E-state index is 0.149. The van der Waals surface area contributed by atoms with Crippen molar-refractivity contribution in [2.75, 3.05) is 18.6 Å². The van der Waals surface area contributed by atoms with Gasteiger partial charge in [-0.3, -0.25) is 4.79 Å². The second-order valence-electron chi connectivity index (χ2n) is 5.59. The van der Waals surface area contributed by atoms with Crippen molar-refractivity contribution in [3.8, 4) is 0 Å². The van der Waals surface area contributed by atoms with E-state index in [0.717, 1.165) is 12.2 Å². The molecule has 0 radical (unpaired) electrons. The SMILES string of the molecule is CCN(c1cccc(C)c1)C(C)CC(C)(N)C(=O)OC. The molecule has 1 aromatic carbocycles. The highest BCUT2D eigenvalue weighted by atomic mass is 16.5. The Hall–Kier alpha value is -1.55. The molecule has 0 saturated carbocycles. The van der Waals surface area contributed by atoms with Crippen molar-refractivity contribution < 1.29 is 9.53 Å². The zero-order valence-corrected chi connectivity index (χ0v) is 13.1. The first kappa shape index (κ1) is 16.5. The second-order valence-corrected chi connectivity index (χ2v) is 5.59. The molecule has 0 saturated heterocycles. The zero-order chi connectivity index (χ0) is 15.3. The summed E-state index contributed by atoms with van der Waals surface area (Å²) < 4.78 is 4.77. The smallest absolute Gasteiger partial charge is 0.325 e. The summed E-state index contributed by atoms with van der Waals surface area (Å²) in [7, 11) is 1.37. The van der Waals surface area contributed by atoms with Gasteiger partial charge in [-0.25, -0.2) is 0 Å². The number of aryl methyl sites for hydroxylation is 1. The number of hydrogen-bond donors (Lipinski definition) is 1. The van der Waals surface area contributed by atoms with Crippen molar-refractivity contribution in [3.63, 3.8) is 0 Å². The summed E-state index contributed by atoms with van der Waals surface area (Å²) in [4.78, 5) is 14.0. The first-order valence-electron chi connectivity index (χ1n) is 7.02. The van der Waals surface area contributed by atoms with Crippen LogP contribution >= 0.6 is 0 Å². The van der Waals surface area contributed by atoms with Crippen LogP contribution in [0.2, 0.25) is 0 Å². The highest BCUT2D eigenvalue weighted by Gasteiger charge is 2.33. The van der Waals surface area contributed by atoms with E-state index in [-0.39, 0.29) is 12.0 Å². The summed E-state index contributed by atoms with van der Waals surface area (Å²) in [5.74, 6) is -0.371. The van der Waals surface area contributed by atoms with Crippen LogP contribution in [0.1, 0.15) is 32.8 Å². The van der Waals surface area contributed by atoms with Gasteiger partial charge in [0, 0.05) is 18.3 Å². The van der Waals surface area contributed by atoms with Gasteiger partial charge in [-0.05, 0) is 51.8 Å². The zero-order valence-electron chi connectivity index (χ0n) is 13.1. The van der Waals surface area contributed by atoms with E-state index in [2.05, 4.69) is 43.9 Å². The van der Waals surface area contributed by atoms with Crippen LogP contribution in [0.4, 0.5) is 5.69 Å². The molecule has 0 bridgehead atoms. The van der Waals surface area contributed by atoms with Crippen molar-refractivity contribution in [1.29, 1.82) is 0 Å². The summed E-state index contributed by atoms with van der Waals surface area (Å²) in [6.45, 7) is 8.84. The van der Waals surface area contributed by atoms with E-state index in [4.69, 9.17) is 10.5 Å². The van der Waals surface area contributed by atoms with Crippen LogP contribution < -0.4 is 10.6 Å². The van der Waals surface area contributed by atoms with Crippen LogP contribution in [0, 0.1) is 6.92 Å². The van der Waals surface area contributed by atoms with E-state index in [9.17, 15) is 4.79 Å². The maximum atomic E-state index is 11.7. The maximum absolute atomic E-state index is 11.7. The number of hydrogen-bond acceptors (Lipinski definition) is 4. The predicted molar refractivity (Wildman–Crippen MR) is 82.9 cm³/mol. The predicted octanol–water partition coefficient (Wildman–Crippen LogP) is 2.49. The summed E-state index contributed by atoms with van der Waals surface area (Å²) >= 11 is 0. The number of benzene rings is 1. The highest BCUT2D eigenvalue weighted by molar-refractivity contribution is 5.80. The summed E-state index contributed by atoms with van der Waals surface area (Å²) in [5.41, 5.74) is 7.48. The van der Waals surface area contributed by atoms with E-state index >= 15 is 0 Å². The van der Waals surface area contributed by atoms with Crippen molar-refractivity contribution in [2.24, 2.45) is 5.73 Å². The molecule has 0 aliphatic rings. The number of carbonyl (C=O) groups is 1. The van der Waals surface area contributed by atoms with E-state index in [1.165, 1.54) is 12.7 Å². The number of nitrogens with two attached hydrogens (primary N) is 1. The topological polar surface area (TPSA) is 55.6 Å². The van der Waals surface area contributed by atoms with Crippen molar-refractivity contribution in [3.05, 3.63) is 29.8 Å². The summed E-state index contributed by atoms with van der Waals surface area (Å²) in [6, 6.07) is 8.49. The molecule has 20 heavy (non-hydrogen) atoms. The van der Waals surface area contributed by atoms with Crippen molar-refractivity contribution in [2.45, 2.75) is 45.7 Å². The number of methoxy groups -OCH3 is 1. The molecule has 2 N–H and O–H groups in total. The molecule has 0 aliphatic carbocycles. The van der Waals surface area contributed by atoms with Crippen LogP contribution in [-0.2, 0) is 9.53 Å². The Morgan fingerprint density at radius 3 is 2.65 bits per heavy atom. The molecule has 0 heterocycles. The Morgan fingerprint density at radius 2 is 2.15 bits per heavy atom. The molecule has 2 atom stereocenters. The van der Waals surface area contributed by atoms with E-state index in [1.54, 1.807) is 6.92 Å². The molecule has 1 rings (SSSR count). The molecule has 0 spiro atoms. The number of rotatable bonds is 6. The quantitative estimate of drug-likeness (QED) is 0.812. The largest absolute Gasteiger partial charge is 0.468 e. The average Bonchev–Trinajstić information content (AvgIpc) is 2.38. The lowest BCUT2D eigenvalue weighted by Gasteiger charge is -2.34. The molecular weight excluding hydrogens is 252 g/mol. The normalized spacial score (nSPS) is 15.3. The number of anilines is 1. The monoisotopic (exact) mass is 278 g/mol. The third kappa shape index (κ3) is 3.97. The van der Waals surface area contributed by atoms with Crippen LogP contribution in [0.15, 0.2) is 24.3 Å². The fraction of sp³-hybridized carbons (Fsp3) is 0.562. The lowest BCUT2D eigenvalue weighted by Crippen LogP contribution is -2.51. The van der Waals surface area contributed by atoms with E-state index in [0.29, 0.717) is 6.42 Å². The molecule has 0 aromatic heterocycles. The van der Waals surface area contributed by atoms with Crippen molar-refractivity contribution >= 4 is 11.7 Å². The Labute approximate surface area is 121 Å². The van der Waals surface area contributed by atoms with Crippen LogP contribution in [0.5, 0.6) is 0 Å². The van der Waals surface area contributed by atoms with Gasteiger partial charge in [0.25, 0.3) is 0 Å². The summed E-state index contributed by atoms with van der Waals surface area (Å²) in [6.07, 6.45) is 0.543. The van der Waals surface area contributed by atoms with Gasteiger partial charge < -0.3 is 15.4 Å². The second kappa shape index (κ2) is 6.75. The molecule has 1 aromatic rings. The van der Waals surface area contributed by atoms with Crippen LogP contribution in [0.25, 0.3) is 0 Å². The van der Waals surface area contributed by atoms with Gasteiger partial charge in [0.1, 0.15) is 5.54 Å². The van der Waals surface area contributed by atoms with Gasteiger partial charge in [0.05, 0.1) is 7.11 Å². The van der Waals surface area contributed by atoms with E-state index < -0.39 is 5.54 Å². The molecule has 112 valence electrons. The fourth-order valence-electron chi connectivity index (χ4n) is 2.60. The lowest BCUT2D eigenvalue weighted by atomic mass is 9.94. The minimum atomic E-state index is -0.967. The fourth-order valence-corrected chi connectivity index (χ4v) is 2.60. The minimum Gasteiger partial charge on any atom is -0.468 e. The third-order valence-electron chi connectivity index (χ3n) is 3.58. The number of esters is 1. The van der Waals surface area contributed by atoms with Gasteiger partial charge in [0.2, 0.25) is 0 Å². The first-order chi connectivity index (χ1) is 9.31. The van der Waals surface area contributed by atoms with Gasteiger partial charge in [-0.1, -0.05) is 12.1 Å². The Kier molecular flexibility index (Phi) is 5.57. The molecule has 4 nitrogen and oxygen atoms in total. The molecule has 4 heteroatoms. The van der Waals surface area contributed by atoms with Crippen LogP contribution in [-0.4, -0.2) is 31.2 Å². The lowest BCUT2D eigenvalue weighted by molar-refractivity contribution is -0.146. The standard InChI is InChI=1S/C16H26N2O2/c1-6-18(14-9-7-8-12(2)10-14)13(3)11-16(4,17)15(19)20-5/h7-10,13H,6,11,17H2,1-5H3. The Bertz CT molecular complexity index is 458. The number of carbonyl (C=O) groups excluding carboxylic acids is 1. The number of ether oxygens (including phenoxy) is 1. The molecule has 0 aliphatic heterocycles. The maximum Gasteiger partial charge on any atom is 0.325 e. The van der Waals surface area contributed by atoms with Gasteiger partial charge >= 0.3 is 5.97 Å². The molecular formula is C16H26N2O2. The Morgan fingerprint density at radius 1 is 1.50 bits per heavy atom.